The average molecular weight is 380 g/mol. The maximum atomic E-state index is 12.3. The Bertz CT molecular complexity index is 927. The zero-order valence-corrected chi connectivity index (χ0v) is 15.7. The van der Waals surface area contributed by atoms with Crippen molar-refractivity contribution in [1.29, 1.82) is 0 Å². The summed E-state index contributed by atoms with van der Waals surface area (Å²) in [6, 6.07) is 9.56. The van der Waals surface area contributed by atoms with Crippen LogP contribution in [0.15, 0.2) is 47.2 Å². The van der Waals surface area contributed by atoms with Crippen LogP contribution in [-0.2, 0) is 0 Å². The number of amides is 1. The van der Waals surface area contributed by atoms with Gasteiger partial charge in [-0.15, -0.1) is 0 Å². The maximum absolute atomic E-state index is 12.3. The molecule has 1 aromatic carbocycles. The maximum Gasteiger partial charge on any atom is 0.273 e. The fourth-order valence-corrected chi connectivity index (χ4v) is 3.40. The number of rotatable bonds is 6. The molecular formula is C20H24N6O2. The largest absolute Gasteiger partial charge is 0.443 e. The lowest BCUT2D eigenvalue weighted by atomic mass is 10.1. The Balaban J connectivity index is 1.40. The van der Waals surface area contributed by atoms with Gasteiger partial charge in [0.05, 0.1) is 17.4 Å². The van der Waals surface area contributed by atoms with Gasteiger partial charge in [-0.05, 0) is 38.1 Å². The second kappa shape index (κ2) is 8.26. The molecular weight excluding hydrogens is 356 g/mol. The topological polar surface area (TPSA) is 102 Å². The van der Waals surface area contributed by atoms with Crippen molar-refractivity contribution >= 4 is 11.7 Å². The highest BCUT2D eigenvalue weighted by Gasteiger charge is 2.19. The first-order chi connectivity index (χ1) is 13.7. The Hall–Kier alpha value is -3.13. The summed E-state index contributed by atoms with van der Waals surface area (Å²) in [5, 5.41) is 7.20. The Morgan fingerprint density at radius 3 is 2.75 bits per heavy atom. The van der Waals surface area contributed by atoms with Crippen LogP contribution in [0.5, 0.6) is 0 Å². The number of hydrogen-bond donors (Lipinski definition) is 2. The van der Waals surface area contributed by atoms with E-state index in [9.17, 15) is 4.79 Å². The first-order valence-corrected chi connectivity index (χ1v) is 9.58. The number of nitrogens with one attached hydrogen (secondary N) is 1. The predicted octanol–water partition coefficient (Wildman–Crippen LogP) is 2.33. The summed E-state index contributed by atoms with van der Waals surface area (Å²) in [4.78, 5) is 19.0. The monoisotopic (exact) mass is 380 g/mol. The van der Waals surface area contributed by atoms with Gasteiger partial charge in [-0.1, -0.05) is 24.6 Å². The van der Waals surface area contributed by atoms with Gasteiger partial charge in [0.15, 0.2) is 5.69 Å². The lowest BCUT2D eigenvalue weighted by Crippen LogP contribution is -2.37. The van der Waals surface area contributed by atoms with Crippen molar-refractivity contribution in [3.8, 4) is 17.1 Å². The number of para-hydroxylation sites is 1. The molecule has 1 fully saturated rings. The highest BCUT2D eigenvalue weighted by atomic mass is 16.3. The first-order valence-electron chi connectivity index (χ1n) is 9.58. The van der Waals surface area contributed by atoms with Crippen molar-refractivity contribution in [2.24, 2.45) is 0 Å². The van der Waals surface area contributed by atoms with E-state index >= 15 is 0 Å². The summed E-state index contributed by atoms with van der Waals surface area (Å²) < 4.78 is 7.09. The predicted molar refractivity (Wildman–Crippen MR) is 106 cm³/mol. The molecule has 8 heteroatoms. The van der Waals surface area contributed by atoms with Crippen LogP contribution in [0.2, 0.25) is 0 Å². The molecule has 3 heterocycles. The quantitative estimate of drug-likeness (QED) is 0.680. The summed E-state index contributed by atoms with van der Waals surface area (Å²) in [5.74, 6) is 0.437. The Labute approximate surface area is 163 Å². The normalized spacial score (nSPS) is 14.9. The summed E-state index contributed by atoms with van der Waals surface area (Å²) >= 11 is 0. The molecule has 0 bridgehead atoms. The molecule has 3 aromatic rings. The van der Waals surface area contributed by atoms with Crippen LogP contribution in [0, 0.1) is 0 Å². The smallest absolute Gasteiger partial charge is 0.273 e. The molecule has 1 saturated heterocycles. The van der Waals surface area contributed by atoms with Crippen LogP contribution < -0.4 is 11.1 Å². The van der Waals surface area contributed by atoms with Gasteiger partial charge in [0.2, 0.25) is 5.89 Å². The molecule has 0 aliphatic carbocycles. The minimum absolute atomic E-state index is 0.237. The van der Waals surface area contributed by atoms with Gasteiger partial charge in [0.25, 0.3) is 5.91 Å². The number of piperidine rings is 1. The standard InChI is InChI=1S/C20H24N6O2/c21-18-16(13-23-26(18)15-7-3-1-4-8-15)20-24-17(14-28-20)19(27)22-9-12-25-10-5-2-6-11-25/h1,3-4,7-8,13-14H,2,5-6,9-12,21H2,(H,22,27). The fourth-order valence-electron chi connectivity index (χ4n) is 3.40. The number of nitrogens with two attached hydrogens (primary N) is 1. The van der Waals surface area contributed by atoms with Gasteiger partial charge in [0.1, 0.15) is 12.1 Å². The molecule has 0 radical (unpaired) electrons. The summed E-state index contributed by atoms with van der Waals surface area (Å²) in [6.07, 6.45) is 6.71. The number of hydrogen-bond acceptors (Lipinski definition) is 6. The summed E-state index contributed by atoms with van der Waals surface area (Å²) in [6.45, 7) is 3.66. The minimum atomic E-state index is -0.249. The molecule has 8 nitrogen and oxygen atoms in total. The summed E-state index contributed by atoms with van der Waals surface area (Å²) in [7, 11) is 0. The zero-order chi connectivity index (χ0) is 19.3. The van der Waals surface area contributed by atoms with E-state index in [1.807, 2.05) is 30.3 Å². The van der Waals surface area contributed by atoms with E-state index in [1.54, 1.807) is 10.9 Å². The van der Waals surface area contributed by atoms with Crippen LogP contribution in [0.3, 0.4) is 0 Å². The number of anilines is 1. The number of nitrogen functional groups attached to an aromatic ring is 1. The molecule has 0 spiro atoms. The number of carbonyl (C=O) groups is 1. The van der Waals surface area contributed by atoms with E-state index in [1.165, 1.54) is 25.5 Å². The molecule has 0 unspecified atom stereocenters. The number of nitrogens with zero attached hydrogens (tertiary/aromatic N) is 4. The lowest BCUT2D eigenvalue weighted by molar-refractivity contribution is 0.0941. The third-order valence-corrected chi connectivity index (χ3v) is 4.94. The van der Waals surface area contributed by atoms with Crippen molar-refractivity contribution < 1.29 is 9.21 Å². The van der Waals surface area contributed by atoms with Gasteiger partial charge < -0.3 is 20.4 Å². The minimum Gasteiger partial charge on any atom is -0.443 e. The van der Waals surface area contributed by atoms with E-state index in [2.05, 4.69) is 20.3 Å². The molecule has 0 atom stereocenters. The van der Waals surface area contributed by atoms with Crippen molar-refractivity contribution in [3.63, 3.8) is 0 Å². The van der Waals surface area contributed by atoms with E-state index in [0.717, 1.165) is 25.3 Å². The SMILES string of the molecule is Nc1c(-c2nc(C(=O)NCCN3CCCCC3)co2)cnn1-c1ccccc1. The highest BCUT2D eigenvalue weighted by molar-refractivity contribution is 5.92. The Morgan fingerprint density at radius 1 is 1.18 bits per heavy atom. The number of carbonyl (C=O) groups excluding carboxylic acids is 1. The lowest BCUT2D eigenvalue weighted by Gasteiger charge is -2.26. The number of oxazole rings is 1. The molecule has 4 rings (SSSR count). The van der Waals surface area contributed by atoms with Gasteiger partial charge in [-0.3, -0.25) is 4.79 Å². The van der Waals surface area contributed by atoms with Crippen molar-refractivity contribution in [2.75, 3.05) is 31.9 Å². The van der Waals surface area contributed by atoms with Crippen molar-refractivity contribution in [3.05, 3.63) is 48.5 Å². The fraction of sp³-hybridized carbons (Fsp3) is 0.350. The Kier molecular flexibility index (Phi) is 5.38. The molecule has 2 aromatic heterocycles. The number of aromatic nitrogens is 3. The van der Waals surface area contributed by atoms with Crippen molar-refractivity contribution in [2.45, 2.75) is 19.3 Å². The molecule has 1 aliphatic rings. The van der Waals surface area contributed by atoms with Crippen LogP contribution >= 0.6 is 0 Å². The van der Waals surface area contributed by atoms with Crippen LogP contribution in [-0.4, -0.2) is 51.8 Å². The van der Waals surface area contributed by atoms with Crippen molar-refractivity contribution in [1.82, 2.24) is 25.0 Å². The number of benzene rings is 1. The van der Waals surface area contributed by atoms with E-state index in [0.29, 0.717) is 17.9 Å². The third kappa shape index (κ3) is 3.91. The van der Waals surface area contributed by atoms with E-state index < -0.39 is 0 Å². The summed E-state index contributed by atoms with van der Waals surface area (Å²) in [5.41, 5.74) is 7.84. The highest BCUT2D eigenvalue weighted by Crippen LogP contribution is 2.27. The molecule has 28 heavy (non-hydrogen) atoms. The van der Waals surface area contributed by atoms with Crippen LogP contribution in [0.1, 0.15) is 29.8 Å². The zero-order valence-electron chi connectivity index (χ0n) is 15.7. The molecule has 1 aliphatic heterocycles. The molecule has 0 saturated carbocycles. The molecule has 3 N–H and O–H groups in total. The van der Waals surface area contributed by atoms with Crippen LogP contribution in [0.4, 0.5) is 5.82 Å². The molecule has 1 amide bonds. The second-order valence-electron chi connectivity index (χ2n) is 6.89. The van der Waals surface area contributed by atoms with Gasteiger partial charge in [-0.2, -0.15) is 5.10 Å². The number of likely N-dealkylation sites (tertiary alicyclic amines) is 1. The first kappa shape index (κ1) is 18.2. The molecule has 146 valence electrons. The van der Waals surface area contributed by atoms with Gasteiger partial charge in [-0.25, -0.2) is 9.67 Å². The van der Waals surface area contributed by atoms with E-state index in [4.69, 9.17) is 10.2 Å². The van der Waals surface area contributed by atoms with E-state index in [-0.39, 0.29) is 17.5 Å². The van der Waals surface area contributed by atoms with Crippen LogP contribution in [0.25, 0.3) is 17.1 Å². The average Bonchev–Trinajstić information content (AvgIpc) is 3.36. The Morgan fingerprint density at radius 2 is 1.96 bits per heavy atom. The van der Waals surface area contributed by atoms with Gasteiger partial charge >= 0.3 is 0 Å². The second-order valence-corrected chi connectivity index (χ2v) is 6.89. The third-order valence-electron chi connectivity index (χ3n) is 4.94. The van der Waals surface area contributed by atoms with Gasteiger partial charge in [0, 0.05) is 13.1 Å².